The maximum absolute atomic E-state index is 9.77. The van der Waals surface area contributed by atoms with Gasteiger partial charge in [-0.05, 0) is 75.0 Å². The molecule has 5 rings (SSSR count). The van der Waals surface area contributed by atoms with Gasteiger partial charge in [-0.3, -0.25) is 0 Å². The van der Waals surface area contributed by atoms with E-state index in [1.165, 1.54) is 27.6 Å². The highest BCUT2D eigenvalue weighted by atomic mass is 16.5. The maximum atomic E-state index is 9.77. The Labute approximate surface area is 163 Å². The molecule has 0 fully saturated rings. The number of benzene rings is 4. The lowest BCUT2D eigenvalue weighted by molar-refractivity contribution is 0.414. The molecule has 0 amide bonds. The molecule has 0 bridgehead atoms. The van der Waals surface area contributed by atoms with Gasteiger partial charge in [-0.2, -0.15) is 0 Å². The third kappa shape index (κ3) is 2.43. The van der Waals surface area contributed by atoms with Gasteiger partial charge >= 0.3 is 0 Å². The lowest BCUT2D eigenvalue weighted by Crippen LogP contribution is -2.00. The second-order valence-corrected chi connectivity index (χ2v) is 7.09. The smallest absolute Gasteiger partial charge is 0.119 e. The van der Waals surface area contributed by atoms with E-state index in [1.807, 2.05) is 24.3 Å². The highest BCUT2D eigenvalue weighted by Gasteiger charge is 2.32. The molecule has 3 nitrogen and oxygen atoms in total. The average Bonchev–Trinajstić information content (AvgIpc) is 3.07. The molecule has 1 aliphatic rings. The van der Waals surface area contributed by atoms with Gasteiger partial charge in [0.05, 0.1) is 14.2 Å². The molecule has 0 radical (unpaired) electrons. The molecule has 4 aromatic carbocycles. The largest absolute Gasteiger partial charge is 0.508 e. The van der Waals surface area contributed by atoms with Crippen molar-refractivity contribution in [1.82, 2.24) is 0 Å². The van der Waals surface area contributed by atoms with Gasteiger partial charge in [0.25, 0.3) is 0 Å². The number of phenolic OH excluding ortho intramolecular Hbond substituents is 1. The summed E-state index contributed by atoms with van der Waals surface area (Å²) in [4.78, 5) is 0. The molecule has 0 spiro atoms. The maximum Gasteiger partial charge on any atom is 0.119 e. The summed E-state index contributed by atoms with van der Waals surface area (Å²) in [5.41, 5.74) is 6.13. The first-order valence-corrected chi connectivity index (χ1v) is 9.27. The van der Waals surface area contributed by atoms with Crippen molar-refractivity contribution >= 4 is 10.8 Å². The summed E-state index contributed by atoms with van der Waals surface area (Å²) in [6.07, 6.45) is 0. The number of methoxy groups -OCH3 is 2. The van der Waals surface area contributed by atoms with E-state index in [9.17, 15) is 5.11 Å². The summed E-state index contributed by atoms with van der Waals surface area (Å²) in [5, 5.41) is 12.1. The third-order valence-corrected chi connectivity index (χ3v) is 5.64. The predicted molar refractivity (Wildman–Crippen MR) is 112 cm³/mol. The first-order chi connectivity index (χ1) is 13.7. The number of hydrogen-bond acceptors (Lipinski definition) is 3. The predicted octanol–water partition coefficient (Wildman–Crippen LogP) is 5.72. The fourth-order valence-electron chi connectivity index (χ4n) is 4.33. The minimum atomic E-state index is 0.0813. The molecule has 0 heterocycles. The Balaban J connectivity index is 1.82. The Morgan fingerprint density at radius 2 is 1.39 bits per heavy atom. The van der Waals surface area contributed by atoms with Crippen molar-refractivity contribution in [2.45, 2.75) is 5.92 Å². The summed E-state index contributed by atoms with van der Waals surface area (Å²) in [6.45, 7) is 0. The SMILES string of the molecule is COc1ccc2c(c1)C(c1ccc(O)cc1)c1c-2ccc2cc(OC)ccc12. The molecule has 0 aromatic heterocycles. The van der Waals surface area contributed by atoms with E-state index in [-0.39, 0.29) is 11.7 Å². The Bertz CT molecular complexity index is 1190. The molecule has 3 heteroatoms. The second-order valence-electron chi connectivity index (χ2n) is 7.09. The number of fused-ring (bicyclic) bond motifs is 5. The van der Waals surface area contributed by atoms with Gasteiger partial charge < -0.3 is 14.6 Å². The summed E-state index contributed by atoms with van der Waals surface area (Å²) in [7, 11) is 3.39. The van der Waals surface area contributed by atoms with Crippen LogP contribution < -0.4 is 9.47 Å². The van der Waals surface area contributed by atoms with Crippen LogP contribution in [0.5, 0.6) is 17.2 Å². The molecule has 4 aromatic rings. The zero-order chi connectivity index (χ0) is 19.3. The number of aromatic hydroxyl groups is 1. The number of hydrogen-bond donors (Lipinski definition) is 1. The molecule has 0 aliphatic heterocycles. The Morgan fingerprint density at radius 1 is 0.714 bits per heavy atom. The van der Waals surface area contributed by atoms with E-state index >= 15 is 0 Å². The first-order valence-electron chi connectivity index (χ1n) is 9.27. The molecule has 1 aliphatic carbocycles. The quantitative estimate of drug-likeness (QED) is 0.442. The molecule has 0 saturated heterocycles. The summed E-state index contributed by atoms with van der Waals surface area (Å²) < 4.78 is 10.9. The van der Waals surface area contributed by atoms with Crippen LogP contribution in [-0.2, 0) is 0 Å². The van der Waals surface area contributed by atoms with Crippen LogP contribution in [0.15, 0.2) is 72.8 Å². The van der Waals surface area contributed by atoms with E-state index in [2.05, 4.69) is 36.4 Å². The Morgan fingerprint density at radius 3 is 2.14 bits per heavy atom. The van der Waals surface area contributed by atoms with Crippen molar-refractivity contribution in [3.63, 3.8) is 0 Å². The molecule has 1 unspecified atom stereocenters. The molecule has 0 saturated carbocycles. The van der Waals surface area contributed by atoms with E-state index in [0.717, 1.165) is 22.4 Å². The van der Waals surface area contributed by atoms with E-state index < -0.39 is 0 Å². The molecule has 1 N–H and O–H groups in total. The van der Waals surface area contributed by atoms with Gasteiger partial charge in [0.2, 0.25) is 0 Å². The minimum Gasteiger partial charge on any atom is -0.508 e. The zero-order valence-electron chi connectivity index (χ0n) is 15.8. The topological polar surface area (TPSA) is 38.7 Å². The van der Waals surface area contributed by atoms with Crippen molar-refractivity contribution < 1.29 is 14.6 Å². The van der Waals surface area contributed by atoms with Gasteiger partial charge in [0.15, 0.2) is 0 Å². The van der Waals surface area contributed by atoms with Crippen molar-refractivity contribution in [2.24, 2.45) is 0 Å². The molecular weight excluding hydrogens is 348 g/mol. The number of ether oxygens (including phenoxy) is 2. The van der Waals surface area contributed by atoms with Crippen LogP contribution in [0.2, 0.25) is 0 Å². The minimum absolute atomic E-state index is 0.0813. The average molecular weight is 368 g/mol. The van der Waals surface area contributed by atoms with Crippen LogP contribution in [0.25, 0.3) is 21.9 Å². The third-order valence-electron chi connectivity index (χ3n) is 5.64. The van der Waals surface area contributed by atoms with Crippen LogP contribution in [0.4, 0.5) is 0 Å². The Hall–Kier alpha value is -3.46. The fraction of sp³-hybridized carbons (Fsp3) is 0.120. The van der Waals surface area contributed by atoms with Gasteiger partial charge in [0.1, 0.15) is 17.2 Å². The second kappa shape index (κ2) is 6.31. The van der Waals surface area contributed by atoms with E-state index in [0.29, 0.717) is 0 Å². The standard InChI is InChI=1S/C25H20O3/c1-27-18-8-11-20-16(13-18)5-10-22-21-12-9-19(28-2)14-23(21)24(25(20)22)15-3-6-17(26)7-4-15/h3-14,24,26H,1-2H3. The van der Waals surface area contributed by atoms with E-state index in [1.54, 1.807) is 26.4 Å². The van der Waals surface area contributed by atoms with Crippen LogP contribution in [0.1, 0.15) is 22.6 Å². The van der Waals surface area contributed by atoms with Crippen molar-refractivity contribution in [1.29, 1.82) is 0 Å². The monoisotopic (exact) mass is 368 g/mol. The van der Waals surface area contributed by atoms with Crippen LogP contribution in [0.3, 0.4) is 0 Å². The Kier molecular flexibility index (Phi) is 3.76. The van der Waals surface area contributed by atoms with Gasteiger partial charge in [-0.15, -0.1) is 0 Å². The molecular formula is C25H20O3. The lowest BCUT2D eigenvalue weighted by atomic mass is 9.86. The molecule has 138 valence electrons. The zero-order valence-corrected chi connectivity index (χ0v) is 15.8. The number of rotatable bonds is 3. The van der Waals surface area contributed by atoms with Crippen molar-refractivity contribution in [3.05, 3.63) is 89.5 Å². The van der Waals surface area contributed by atoms with Crippen molar-refractivity contribution in [3.8, 4) is 28.4 Å². The van der Waals surface area contributed by atoms with Crippen LogP contribution >= 0.6 is 0 Å². The summed E-state index contributed by atoms with van der Waals surface area (Å²) >= 11 is 0. The molecule has 1 atom stereocenters. The van der Waals surface area contributed by atoms with Gasteiger partial charge in [-0.1, -0.05) is 36.4 Å². The normalized spacial score (nSPS) is 14.6. The lowest BCUT2D eigenvalue weighted by Gasteiger charge is -2.17. The number of phenols is 1. The van der Waals surface area contributed by atoms with E-state index in [4.69, 9.17) is 9.47 Å². The fourth-order valence-corrected chi connectivity index (χ4v) is 4.33. The van der Waals surface area contributed by atoms with Gasteiger partial charge in [-0.25, -0.2) is 0 Å². The van der Waals surface area contributed by atoms with Crippen molar-refractivity contribution in [2.75, 3.05) is 14.2 Å². The highest BCUT2D eigenvalue weighted by Crippen LogP contribution is 2.51. The van der Waals surface area contributed by atoms with Crippen LogP contribution in [0, 0.1) is 0 Å². The summed E-state index contributed by atoms with van der Waals surface area (Å²) in [5.74, 6) is 2.06. The van der Waals surface area contributed by atoms with Crippen LogP contribution in [-0.4, -0.2) is 19.3 Å². The summed E-state index contributed by atoms with van der Waals surface area (Å²) in [6, 6.07) is 24.4. The van der Waals surface area contributed by atoms with Gasteiger partial charge in [0, 0.05) is 5.92 Å². The molecule has 28 heavy (non-hydrogen) atoms. The highest BCUT2D eigenvalue weighted by molar-refractivity contribution is 5.98. The first kappa shape index (κ1) is 16.7.